The van der Waals surface area contributed by atoms with Crippen molar-refractivity contribution in [3.63, 3.8) is 0 Å². The zero-order valence-electron chi connectivity index (χ0n) is 8.32. The average Bonchev–Trinajstić information content (AvgIpc) is 2.18. The molecule has 0 amide bonds. The van der Waals surface area contributed by atoms with Crippen LogP contribution in [-0.4, -0.2) is 17.8 Å². The van der Waals surface area contributed by atoms with Crippen LogP contribution in [0.25, 0.3) is 0 Å². The molecule has 1 aromatic carbocycles. The van der Waals surface area contributed by atoms with E-state index in [1.165, 1.54) is 24.8 Å². The van der Waals surface area contributed by atoms with Crippen molar-refractivity contribution in [1.82, 2.24) is 5.32 Å². The molecule has 14 heavy (non-hydrogen) atoms. The van der Waals surface area contributed by atoms with Crippen LogP contribution in [0.2, 0.25) is 0 Å². The molecule has 1 aliphatic carbocycles. The minimum atomic E-state index is 0.112. The average molecular weight is 191 g/mol. The molecular formula is C12H17NO. The van der Waals surface area contributed by atoms with Crippen LogP contribution in [0.3, 0.4) is 0 Å². The summed E-state index contributed by atoms with van der Waals surface area (Å²) < 4.78 is 0. The Labute approximate surface area is 85.0 Å². The van der Waals surface area contributed by atoms with Crippen LogP contribution >= 0.6 is 0 Å². The maximum absolute atomic E-state index is 9.29. The van der Waals surface area contributed by atoms with Gasteiger partial charge in [0.05, 0.1) is 12.6 Å². The summed E-state index contributed by atoms with van der Waals surface area (Å²) in [5.74, 6) is 0. The van der Waals surface area contributed by atoms with E-state index < -0.39 is 0 Å². The molecule has 0 bridgehead atoms. The SMILES string of the molecule is OCC(NC1CCC1)c1ccccc1. The summed E-state index contributed by atoms with van der Waals surface area (Å²) in [5.41, 5.74) is 1.18. The van der Waals surface area contributed by atoms with Gasteiger partial charge < -0.3 is 10.4 Å². The van der Waals surface area contributed by atoms with E-state index in [9.17, 15) is 5.11 Å². The van der Waals surface area contributed by atoms with Crippen molar-refractivity contribution in [2.45, 2.75) is 31.3 Å². The summed E-state index contributed by atoms with van der Waals surface area (Å²) in [4.78, 5) is 0. The highest BCUT2D eigenvalue weighted by Gasteiger charge is 2.21. The van der Waals surface area contributed by atoms with Gasteiger partial charge in [0.15, 0.2) is 0 Å². The van der Waals surface area contributed by atoms with Crippen molar-refractivity contribution in [3.8, 4) is 0 Å². The van der Waals surface area contributed by atoms with E-state index in [1.807, 2.05) is 18.2 Å². The van der Waals surface area contributed by atoms with Crippen molar-refractivity contribution >= 4 is 0 Å². The Hall–Kier alpha value is -0.860. The number of hydrogen-bond acceptors (Lipinski definition) is 2. The van der Waals surface area contributed by atoms with Crippen molar-refractivity contribution in [3.05, 3.63) is 35.9 Å². The first-order valence-corrected chi connectivity index (χ1v) is 5.32. The molecule has 1 fully saturated rings. The fourth-order valence-electron chi connectivity index (χ4n) is 1.80. The summed E-state index contributed by atoms with van der Waals surface area (Å²) in [6.45, 7) is 0.181. The molecule has 0 saturated heterocycles. The number of nitrogens with one attached hydrogen (secondary N) is 1. The molecule has 0 spiro atoms. The molecule has 2 heteroatoms. The van der Waals surface area contributed by atoms with Gasteiger partial charge in [0.2, 0.25) is 0 Å². The van der Waals surface area contributed by atoms with Crippen molar-refractivity contribution < 1.29 is 5.11 Å². The normalized spacial score (nSPS) is 18.9. The number of aliphatic hydroxyl groups is 1. The lowest BCUT2D eigenvalue weighted by molar-refractivity contribution is 0.209. The monoisotopic (exact) mass is 191 g/mol. The molecule has 2 N–H and O–H groups in total. The van der Waals surface area contributed by atoms with Gasteiger partial charge in [0, 0.05) is 6.04 Å². The van der Waals surface area contributed by atoms with Crippen molar-refractivity contribution in [2.24, 2.45) is 0 Å². The molecule has 0 aromatic heterocycles. The van der Waals surface area contributed by atoms with Crippen LogP contribution in [-0.2, 0) is 0 Å². The fraction of sp³-hybridized carbons (Fsp3) is 0.500. The Kier molecular flexibility index (Phi) is 3.17. The molecule has 1 unspecified atom stereocenters. The standard InChI is InChI=1S/C12H17NO/c14-9-12(13-11-7-4-8-11)10-5-2-1-3-6-10/h1-3,5-6,11-14H,4,7-9H2. The summed E-state index contributed by atoms with van der Waals surface area (Å²) in [6.07, 6.45) is 3.83. The van der Waals surface area contributed by atoms with Gasteiger partial charge in [-0.05, 0) is 18.4 Å². The van der Waals surface area contributed by atoms with Crippen molar-refractivity contribution in [2.75, 3.05) is 6.61 Å². The highest BCUT2D eigenvalue weighted by atomic mass is 16.3. The van der Waals surface area contributed by atoms with Crippen LogP contribution < -0.4 is 5.32 Å². The molecular weight excluding hydrogens is 174 g/mol. The quantitative estimate of drug-likeness (QED) is 0.761. The Bertz CT molecular complexity index is 269. The minimum Gasteiger partial charge on any atom is -0.394 e. The van der Waals surface area contributed by atoms with Crippen LogP contribution in [0.4, 0.5) is 0 Å². The molecule has 76 valence electrons. The van der Waals surface area contributed by atoms with E-state index in [-0.39, 0.29) is 12.6 Å². The van der Waals surface area contributed by atoms with Gasteiger partial charge in [-0.2, -0.15) is 0 Å². The zero-order chi connectivity index (χ0) is 9.80. The summed E-state index contributed by atoms with van der Waals surface area (Å²) in [7, 11) is 0. The second-order valence-corrected chi connectivity index (χ2v) is 3.94. The first-order valence-electron chi connectivity index (χ1n) is 5.32. The lowest BCUT2D eigenvalue weighted by atomic mass is 9.91. The number of rotatable bonds is 4. The molecule has 2 rings (SSSR count). The van der Waals surface area contributed by atoms with E-state index in [4.69, 9.17) is 0 Å². The maximum atomic E-state index is 9.29. The summed E-state index contributed by atoms with van der Waals surface area (Å²) in [5, 5.41) is 12.8. The molecule has 1 atom stereocenters. The number of hydrogen-bond donors (Lipinski definition) is 2. The fourth-order valence-corrected chi connectivity index (χ4v) is 1.80. The van der Waals surface area contributed by atoms with E-state index in [0.29, 0.717) is 6.04 Å². The summed E-state index contributed by atoms with van der Waals surface area (Å²) in [6, 6.07) is 10.9. The molecule has 0 heterocycles. The molecule has 2 nitrogen and oxygen atoms in total. The van der Waals surface area contributed by atoms with Crippen LogP contribution in [0, 0.1) is 0 Å². The lowest BCUT2D eigenvalue weighted by Gasteiger charge is -2.31. The van der Waals surface area contributed by atoms with Crippen LogP contribution in [0.1, 0.15) is 30.9 Å². The van der Waals surface area contributed by atoms with Gasteiger partial charge in [-0.15, -0.1) is 0 Å². The third-order valence-electron chi connectivity index (χ3n) is 2.93. The molecule has 1 aliphatic rings. The van der Waals surface area contributed by atoms with E-state index in [2.05, 4.69) is 17.4 Å². The third kappa shape index (κ3) is 2.14. The third-order valence-corrected chi connectivity index (χ3v) is 2.93. The highest BCUT2D eigenvalue weighted by molar-refractivity contribution is 5.19. The molecule has 0 radical (unpaired) electrons. The van der Waals surface area contributed by atoms with Gasteiger partial charge in [0.1, 0.15) is 0 Å². The summed E-state index contributed by atoms with van der Waals surface area (Å²) >= 11 is 0. The predicted octanol–water partition coefficient (Wildman–Crippen LogP) is 1.86. The predicted molar refractivity (Wildman–Crippen MR) is 57.0 cm³/mol. The number of benzene rings is 1. The largest absolute Gasteiger partial charge is 0.394 e. The first-order chi connectivity index (χ1) is 6.90. The van der Waals surface area contributed by atoms with E-state index in [1.54, 1.807) is 0 Å². The molecule has 0 aliphatic heterocycles. The van der Waals surface area contributed by atoms with Gasteiger partial charge in [-0.1, -0.05) is 36.8 Å². The first kappa shape index (κ1) is 9.69. The maximum Gasteiger partial charge on any atom is 0.0626 e. The van der Waals surface area contributed by atoms with Crippen molar-refractivity contribution in [1.29, 1.82) is 0 Å². The van der Waals surface area contributed by atoms with Gasteiger partial charge in [-0.3, -0.25) is 0 Å². The Balaban J connectivity index is 1.98. The Morgan fingerprint density at radius 1 is 1.29 bits per heavy atom. The molecule has 1 aromatic rings. The lowest BCUT2D eigenvalue weighted by Crippen LogP contribution is -2.39. The van der Waals surface area contributed by atoms with E-state index >= 15 is 0 Å². The Morgan fingerprint density at radius 2 is 2.00 bits per heavy atom. The van der Waals surface area contributed by atoms with Gasteiger partial charge >= 0.3 is 0 Å². The Morgan fingerprint density at radius 3 is 2.50 bits per heavy atom. The highest BCUT2D eigenvalue weighted by Crippen LogP contribution is 2.22. The topological polar surface area (TPSA) is 32.3 Å². The van der Waals surface area contributed by atoms with E-state index in [0.717, 1.165) is 0 Å². The van der Waals surface area contributed by atoms with Gasteiger partial charge in [-0.25, -0.2) is 0 Å². The number of aliphatic hydroxyl groups excluding tert-OH is 1. The zero-order valence-corrected chi connectivity index (χ0v) is 8.32. The van der Waals surface area contributed by atoms with Crippen LogP contribution in [0.15, 0.2) is 30.3 Å². The van der Waals surface area contributed by atoms with Gasteiger partial charge in [0.25, 0.3) is 0 Å². The second-order valence-electron chi connectivity index (χ2n) is 3.94. The smallest absolute Gasteiger partial charge is 0.0626 e. The van der Waals surface area contributed by atoms with Crippen LogP contribution in [0.5, 0.6) is 0 Å². The minimum absolute atomic E-state index is 0.112. The molecule has 1 saturated carbocycles. The second kappa shape index (κ2) is 4.58.